The molecule has 0 aromatic heterocycles. The first kappa shape index (κ1) is 15.9. The van der Waals surface area contributed by atoms with E-state index in [1.807, 2.05) is 30.9 Å². The first-order valence-corrected chi connectivity index (χ1v) is 7.98. The first-order chi connectivity index (χ1) is 9.36. The first-order valence-electron chi connectivity index (χ1n) is 6.69. The molecule has 1 atom stereocenters. The fourth-order valence-electron chi connectivity index (χ4n) is 2.52. The molecule has 0 saturated carbocycles. The molecule has 2 nitrogen and oxygen atoms in total. The summed E-state index contributed by atoms with van der Waals surface area (Å²) in [7, 11) is 0. The third-order valence-electron chi connectivity index (χ3n) is 3.76. The number of rotatable bonds is 3. The highest BCUT2D eigenvalue weighted by Gasteiger charge is 2.37. The lowest BCUT2D eigenvalue weighted by Crippen LogP contribution is -2.41. The molecule has 1 fully saturated rings. The van der Waals surface area contributed by atoms with Crippen LogP contribution in [0.15, 0.2) is 18.2 Å². The Labute approximate surface area is 135 Å². The van der Waals surface area contributed by atoms with Gasteiger partial charge in [0.05, 0.1) is 21.5 Å². The number of alkyl halides is 1. The van der Waals surface area contributed by atoms with Gasteiger partial charge in [-0.3, -0.25) is 4.79 Å². The second-order valence-electron chi connectivity index (χ2n) is 5.85. The molecule has 0 spiro atoms. The van der Waals surface area contributed by atoms with Crippen molar-refractivity contribution < 1.29 is 4.79 Å². The standard InChI is InChI=1S/C15H18Cl3NO/c1-15(2,9-16)14(20)19-7-3-4-13(19)10-5-6-11(17)12(18)8-10/h5-6,8,13H,3-4,7,9H2,1-2H3. The van der Waals surface area contributed by atoms with Gasteiger partial charge in [0, 0.05) is 12.4 Å². The van der Waals surface area contributed by atoms with Crippen LogP contribution in [0, 0.1) is 5.41 Å². The van der Waals surface area contributed by atoms with Gasteiger partial charge >= 0.3 is 0 Å². The minimum absolute atomic E-state index is 0.0692. The van der Waals surface area contributed by atoms with Crippen LogP contribution in [0.2, 0.25) is 10.0 Å². The quantitative estimate of drug-likeness (QED) is 0.718. The van der Waals surface area contributed by atoms with Crippen molar-refractivity contribution in [2.45, 2.75) is 32.7 Å². The third kappa shape index (κ3) is 3.08. The lowest BCUT2D eigenvalue weighted by molar-refractivity contribution is -0.140. The van der Waals surface area contributed by atoms with Crippen LogP contribution in [0.3, 0.4) is 0 Å². The van der Waals surface area contributed by atoms with Crippen LogP contribution in [-0.4, -0.2) is 23.2 Å². The number of carbonyl (C=O) groups excluding carboxylic acids is 1. The van der Waals surface area contributed by atoms with E-state index in [0.717, 1.165) is 24.9 Å². The molecule has 1 heterocycles. The van der Waals surface area contributed by atoms with Crippen LogP contribution in [-0.2, 0) is 4.79 Å². The van der Waals surface area contributed by atoms with Gasteiger partial charge in [-0.1, -0.05) is 29.3 Å². The molecule has 110 valence electrons. The number of hydrogen-bond donors (Lipinski definition) is 0. The van der Waals surface area contributed by atoms with Gasteiger partial charge in [0.1, 0.15) is 0 Å². The summed E-state index contributed by atoms with van der Waals surface area (Å²) in [5.41, 5.74) is 0.496. The van der Waals surface area contributed by atoms with Gasteiger partial charge in [-0.25, -0.2) is 0 Å². The van der Waals surface area contributed by atoms with Gasteiger partial charge < -0.3 is 4.90 Å². The number of halogens is 3. The Bertz CT molecular complexity index is 516. The lowest BCUT2D eigenvalue weighted by atomic mass is 9.93. The molecule has 1 aliphatic heterocycles. The smallest absolute Gasteiger partial charge is 0.229 e. The normalized spacial score (nSPS) is 19.4. The van der Waals surface area contributed by atoms with Crippen LogP contribution in [0.1, 0.15) is 38.3 Å². The van der Waals surface area contributed by atoms with Crippen LogP contribution < -0.4 is 0 Å². The van der Waals surface area contributed by atoms with Crippen molar-refractivity contribution in [3.8, 4) is 0 Å². The largest absolute Gasteiger partial charge is 0.335 e. The van der Waals surface area contributed by atoms with Crippen molar-refractivity contribution in [1.29, 1.82) is 0 Å². The molecule has 0 aliphatic carbocycles. The Hall–Kier alpha value is -0.440. The number of nitrogens with zero attached hydrogens (tertiary/aromatic N) is 1. The molecule has 1 aromatic rings. The maximum atomic E-state index is 12.6. The Morgan fingerprint density at radius 1 is 1.35 bits per heavy atom. The fourth-order valence-corrected chi connectivity index (χ4v) is 2.94. The lowest BCUT2D eigenvalue weighted by Gasteiger charge is -2.32. The van der Waals surface area contributed by atoms with Crippen LogP contribution in [0.5, 0.6) is 0 Å². The minimum Gasteiger partial charge on any atom is -0.335 e. The highest BCUT2D eigenvalue weighted by molar-refractivity contribution is 6.42. The molecule has 2 rings (SSSR count). The molecule has 20 heavy (non-hydrogen) atoms. The molecule has 1 aliphatic rings. The van der Waals surface area contributed by atoms with E-state index < -0.39 is 5.41 Å². The van der Waals surface area contributed by atoms with Crippen molar-refractivity contribution in [1.82, 2.24) is 4.90 Å². The Kier molecular flexibility index (Phi) is 4.88. The van der Waals surface area contributed by atoms with E-state index in [1.165, 1.54) is 0 Å². The molecule has 0 bridgehead atoms. The number of benzene rings is 1. The maximum Gasteiger partial charge on any atom is 0.229 e. The van der Waals surface area contributed by atoms with Crippen molar-refractivity contribution in [2.75, 3.05) is 12.4 Å². The molecule has 1 aromatic carbocycles. The minimum atomic E-state index is -0.541. The summed E-state index contributed by atoms with van der Waals surface area (Å²) in [6.45, 7) is 4.53. The topological polar surface area (TPSA) is 20.3 Å². The van der Waals surface area contributed by atoms with Crippen molar-refractivity contribution in [3.05, 3.63) is 33.8 Å². The summed E-state index contributed by atoms with van der Waals surface area (Å²) >= 11 is 18.0. The highest BCUT2D eigenvalue weighted by atomic mass is 35.5. The van der Waals surface area contributed by atoms with Gasteiger partial charge in [0.25, 0.3) is 0 Å². The third-order valence-corrected chi connectivity index (χ3v) is 5.16. The highest BCUT2D eigenvalue weighted by Crippen LogP contribution is 2.37. The van der Waals surface area contributed by atoms with E-state index in [-0.39, 0.29) is 11.9 Å². The summed E-state index contributed by atoms with van der Waals surface area (Å²) in [4.78, 5) is 14.5. The van der Waals surface area contributed by atoms with Crippen LogP contribution in [0.25, 0.3) is 0 Å². The van der Waals surface area contributed by atoms with Crippen molar-refractivity contribution in [2.24, 2.45) is 5.41 Å². The number of hydrogen-bond acceptors (Lipinski definition) is 1. The van der Waals surface area contributed by atoms with Crippen LogP contribution in [0.4, 0.5) is 0 Å². The molecule has 0 N–H and O–H groups in total. The molecule has 5 heteroatoms. The van der Waals surface area contributed by atoms with E-state index >= 15 is 0 Å². The van der Waals surface area contributed by atoms with Crippen molar-refractivity contribution >= 4 is 40.7 Å². The van der Waals surface area contributed by atoms with Gasteiger partial charge in [0.15, 0.2) is 0 Å². The molecule has 0 radical (unpaired) electrons. The molecule has 1 unspecified atom stereocenters. The molecular weight excluding hydrogens is 317 g/mol. The maximum absolute atomic E-state index is 12.6. The molecule has 1 amide bonds. The van der Waals surface area contributed by atoms with E-state index in [2.05, 4.69) is 0 Å². The molecular formula is C15H18Cl3NO. The summed E-state index contributed by atoms with van der Waals surface area (Å²) in [6, 6.07) is 5.65. The summed E-state index contributed by atoms with van der Waals surface area (Å²) in [5.74, 6) is 0.414. The van der Waals surface area contributed by atoms with Crippen molar-refractivity contribution in [3.63, 3.8) is 0 Å². The second kappa shape index (κ2) is 6.13. The predicted molar refractivity (Wildman–Crippen MR) is 84.7 cm³/mol. The Morgan fingerprint density at radius 3 is 2.65 bits per heavy atom. The monoisotopic (exact) mass is 333 g/mol. The summed E-state index contributed by atoms with van der Waals surface area (Å²) < 4.78 is 0. The van der Waals surface area contributed by atoms with Gasteiger partial charge in [-0.15, -0.1) is 11.6 Å². The SMILES string of the molecule is CC(C)(CCl)C(=O)N1CCCC1c1ccc(Cl)c(Cl)c1. The van der Waals surface area contributed by atoms with E-state index in [0.29, 0.717) is 15.9 Å². The Morgan fingerprint density at radius 2 is 2.05 bits per heavy atom. The zero-order chi connectivity index (χ0) is 14.9. The average Bonchev–Trinajstić information content (AvgIpc) is 2.90. The average molecular weight is 335 g/mol. The van der Waals surface area contributed by atoms with E-state index in [4.69, 9.17) is 34.8 Å². The number of likely N-dealkylation sites (tertiary alicyclic amines) is 1. The Balaban J connectivity index is 2.27. The predicted octanol–water partition coefficient (Wildman–Crippen LogP) is 4.92. The zero-order valence-electron chi connectivity index (χ0n) is 11.6. The fraction of sp³-hybridized carbons (Fsp3) is 0.533. The zero-order valence-corrected chi connectivity index (χ0v) is 13.9. The van der Waals surface area contributed by atoms with Gasteiger partial charge in [0.2, 0.25) is 5.91 Å². The number of carbonyl (C=O) groups is 1. The number of amides is 1. The summed E-state index contributed by atoms with van der Waals surface area (Å²) in [6.07, 6.45) is 1.94. The van der Waals surface area contributed by atoms with E-state index in [1.54, 1.807) is 6.07 Å². The molecule has 1 saturated heterocycles. The van der Waals surface area contributed by atoms with Crippen LogP contribution >= 0.6 is 34.8 Å². The second-order valence-corrected chi connectivity index (χ2v) is 6.93. The van der Waals surface area contributed by atoms with E-state index in [9.17, 15) is 4.79 Å². The van der Waals surface area contributed by atoms with Gasteiger partial charge in [-0.2, -0.15) is 0 Å². The van der Waals surface area contributed by atoms with Gasteiger partial charge in [-0.05, 0) is 44.4 Å². The summed E-state index contributed by atoms with van der Waals surface area (Å²) in [5, 5.41) is 1.06.